The van der Waals surface area contributed by atoms with Crippen molar-refractivity contribution in [2.45, 2.75) is 67.2 Å². The maximum absolute atomic E-state index is 9.95. The number of benzene rings is 14. The molecule has 0 spiro atoms. The van der Waals surface area contributed by atoms with Gasteiger partial charge in [-0.15, -0.1) is 0 Å². The van der Waals surface area contributed by atoms with Crippen LogP contribution in [0.1, 0.15) is 78.4 Å². The van der Waals surface area contributed by atoms with Gasteiger partial charge in [-0.2, -0.15) is 0 Å². The van der Waals surface area contributed by atoms with Gasteiger partial charge in [-0.05, 0) is 145 Å². The van der Waals surface area contributed by atoms with E-state index in [1.165, 1.54) is 119 Å². The normalized spacial score (nSPS) is 11.3. The van der Waals surface area contributed by atoms with Gasteiger partial charge >= 0.3 is 0 Å². The zero-order valence-electron chi connectivity index (χ0n) is 44.0. The first-order valence-electron chi connectivity index (χ1n) is 26.6. The van der Waals surface area contributed by atoms with Crippen LogP contribution in [0.15, 0.2) is 231 Å². The number of aromatic nitrogens is 1. The largest absolute Gasteiger partial charge is 0.507 e. The Morgan fingerprint density at radius 2 is 0.608 bits per heavy atom. The summed E-state index contributed by atoms with van der Waals surface area (Å²) < 4.78 is 2.20. The second kappa shape index (κ2) is 21.3. The smallest absolute Gasteiger partial charge is 0.123 e. The molecule has 74 heavy (non-hydrogen) atoms. The van der Waals surface area contributed by atoms with Crippen molar-refractivity contribution in [3.63, 3.8) is 0 Å². The first-order valence-corrected chi connectivity index (χ1v) is 26.6. The van der Waals surface area contributed by atoms with E-state index in [1.54, 1.807) is 6.07 Å². The summed E-state index contributed by atoms with van der Waals surface area (Å²) in [6.07, 6.45) is 2.11. The Morgan fingerprint density at radius 3 is 1.04 bits per heavy atom. The van der Waals surface area contributed by atoms with Gasteiger partial charge in [-0.1, -0.05) is 250 Å². The molecule has 0 unspecified atom stereocenters. The summed E-state index contributed by atoms with van der Waals surface area (Å²) in [5.41, 5.74) is 5.36. The summed E-state index contributed by atoms with van der Waals surface area (Å²) >= 11 is 0. The lowest BCUT2D eigenvalue weighted by molar-refractivity contribution is 0.482. The van der Waals surface area contributed by atoms with Crippen LogP contribution in [-0.2, 0) is 0 Å². The summed E-state index contributed by atoms with van der Waals surface area (Å²) in [6.45, 7) is 17.1. The van der Waals surface area contributed by atoms with E-state index in [0.717, 1.165) is 5.39 Å². The number of para-hydroxylation sites is 2. The van der Waals surface area contributed by atoms with E-state index < -0.39 is 0 Å². The van der Waals surface area contributed by atoms with Crippen LogP contribution < -0.4 is 0 Å². The second-order valence-electron chi connectivity index (χ2n) is 19.4. The first-order chi connectivity index (χ1) is 36.3. The molecule has 0 aliphatic carbocycles. The molecule has 0 aliphatic heterocycles. The quantitative estimate of drug-likeness (QED) is 0.175. The average Bonchev–Trinajstić information content (AvgIpc) is 3.91. The zero-order valence-corrected chi connectivity index (χ0v) is 44.0. The van der Waals surface area contributed by atoms with Crippen molar-refractivity contribution in [2.24, 2.45) is 0 Å². The minimum absolute atomic E-state index is 0.357. The molecule has 15 aromatic rings. The number of nitrogens with zero attached hydrogens (tertiary/aromatic N) is 1. The van der Waals surface area contributed by atoms with E-state index in [-0.39, 0.29) is 0 Å². The van der Waals surface area contributed by atoms with E-state index >= 15 is 0 Å². The highest BCUT2D eigenvalue weighted by molar-refractivity contribution is 6.26. The van der Waals surface area contributed by atoms with Gasteiger partial charge in [0.25, 0.3) is 0 Å². The SMILES string of the molecule is CC.CC.CC(C)c1ccc2ccc3cccc4ccc1c2c34.CC(C)c1ccc2ccc3cccc4ccc1c2c34.Oc1ccc2ccc3cccc4ccc1c2c34.c1ccc(-n2ccc3ccccc32)cc1. The molecule has 2 heteroatoms. The van der Waals surface area contributed by atoms with Crippen molar-refractivity contribution in [3.05, 3.63) is 242 Å². The highest BCUT2D eigenvalue weighted by atomic mass is 16.3. The molecule has 0 saturated carbocycles. The van der Waals surface area contributed by atoms with E-state index in [0.29, 0.717) is 17.6 Å². The van der Waals surface area contributed by atoms with Crippen LogP contribution in [0.5, 0.6) is 5.75 Å². The van der Waals surface area contributed by atoms with Crippen molar-refractivity contribution < 1.29 is 5.11 Å². The molecule has 0 amide bonds. The molecule has 1 heterocycles. The summed E-state index contributed by atoms with van der Waals surface area (Å²) in [5.74, 6) is 1.48. The van der Waals surface area contributed by atoms with Crippen LogP contribution in [0.3, 0.4) is 0 Å². The van der Waals surface area contributed by atoms with Gasteiger partial charge in [0.15, 0.2) is 0 Å². The highest BCUT2D eigenvalue weighted by Crippen LogP contribution is 2.41. The minimum atomic E-state index is 0.357. The summed E-state index contributed by atoms with van der Waals surface area (Å²) in [7, 11) is 0. The maximum Gasteiger partial charge on any atom is 0.123 e. The number of hydrogen-bond acceptors (Lipinski definition) is 1. The van der Waals surface area contributed by atoms with Gasteiger partial charge in [0.05, 0.1) is 5.52 Å². The predicted molar refractivity (Wildman–Crippen MR) is 326 cm³/mol. The highest BCUT2D eigenvalue weighted by Gasteiger charge is 2.14. The molecule has 364 valence electrons. The average molecular weight is 960 g/mol. The lowest BCUT2D eigenvalue weighted by atomic mass is 9.89. The third-order valence-electron chi connectivity index (χ3n) is 14.5. The second-order valence-corrected chi connectivity index (χ2v) is 19.4. The number of aromatic hydroxyl groups is 1. The minimum Gasteiger partial charge on any atom is -0.507 e. The fourth-order valence-corrected chi connectivity index (χ4v) is 11.1. The Hall–Kier alpha value is -8.46. The van der Waals surface area contributed by atoms with Gasteiger partial charge in [0.2, 0.25) is 0 Å². The van der Waals surface area contributed by atoms with Crippen LogP contribution in [-0.4, -0.2) is 9.67 Å². The molecule has 15 rings (SSSR count). The molecule has 0 radical (unpaired) electrons. The molecule has 2 nitrogen and oxygen atoms in total. The molecule has 0 aliphatic rings. The van der Waals surface area contributed by atoms with Gasteiger partial charge in [0, 0.05) is 22.7 Å². The molecular weight excluding hydrogens is 895 g/mol. The Labute approximate surface area is 435 Å². The topological polar surface area (TPSA) is 25.2 Å². The van der Waals surface area contributed by atoms with Crippen molar-refractivity contribution >= 4 is 108 Å². The van der Waals surface area contributed by atoms with Crippen molar-refractivity contribution in [2.75, 3.05) is 0 Å². The molecule has 0 bridgehead atoms. The molecule has 14 aromatic carbocycles. The van der Waals surface area contributed by atoms with Crippen molar-refractivity contribution in [1.82, 2.24) is 4.57 Å². The van der Waals surface area contributed by atoms with Gasteiger partial charge in [-0.3, -0.25) is 0 Å². The monoisotopic (exact) mass is 960 g/mol. The molecule has 0 atom stereocenters. The van der Waals surface area contributed by atoms with Crippen LogP contribution in [0, 0.1) is 0 Å². The molecule has 1 aromatic heterocycles. The Morgan fingerprint density at radius 1 is 0.284 bits per heavy atom. The van der Waals surface area contributed by atoms with E-state index in [1.807, 2.05) is 45.9 Å². The Kier molecular flexibility index (Phi) is 14.2. The van der Waals surface area contributed by atoms with E-state index in [4.69, 9.17) is 0 Å². The summed E-state index contributed by atoms with van der Waals surface area (Å²) in [6, 6.07) is 79.6. The van der Waals surface area contributed by atoms with E-state index in [9.17, 15) is 5.11 Å². The zero-order chi connectivity index (χ0) is 51.5. The fourth-order valence-electron chi connectivity index (χ4n) is 11.1. The van der Waals surface area contributed by atoms with Crippen LogP contribution >= 0.6 is 0 Å². The molecule has 1 N–H and O–H groups in total. The van der Waals surface area contributed by atoms with E-state index in [2.05, 4.69) is 239 Å². The summed E-state index contributed by atoms with van der Waals surface area (Å²) in [5, 5.41) is 34.8. The number of phenolic OH excluding ortho intramolecular Hbond substituents is 1. The third kappa shape index (κ3) is 8.96. The van der Waals surface area contributed by atoms with Crippen molar-refractivity contribution in [1.29, 1.82) is 0 Å². The number of phenols is 1. The van der Waals surface area contributed by atoms with Gasteiger partial charge in [-0.25, -0.2) is 0 Å². The molecular formula is C72H65NO. The maximum atomic E-state index is 9.95. The van der Waals surface area contributed by atoms with Crippen molar-refractivity contribution in [3.8, 4) is 11.4 Å². The molecule has 0 fully saturated rings. The van der Waals surface area contributed by atoms with Crippen LogP contribution in [0.25, 0.3) is 114 Å². The standard InChI is InChI=1S/2C19H16.C16H10O.C14H11N.2C2H6/c2*1-12(2)16-10-8-15-7-6-13-4-3-5-14-9-11-17(16)19(15)18(13)14;17-14-9-7-12-5-4-10-2-1-3-11-6-8-13(14)16(12)15(10)11;1-2-7-13(8-3-1)15-11-10-12-6-4-5-9-14(12)15;2*1-2/h2*3-12H,1-2H3;1-9,17H;1-11H;2*1-2H3. The fraction of sp³-hybridized carbons (Fsp3) is 0.139. The third-order valence-corrected chi connectivity index (χ3v) is 14.5. The first kappa shape index (κ1) is 49.1. The number of fused-ring (bicyclic) bond motifs is 1. The van der Waals surface area contributed by atoms with Gasteiger partial charge < -0.3 is 9.67 Å². The lowest BCUT2D eigenvalue weighted by Crippen LogP contribution is -1.91. The Bertz CT molecular complexity index is 4110. The number of hydrogen-bond donors (Lipinski definition) is 1. The van der Waals surface area contributed by atoms with Crippen LogP contribution in [0.4, 0.5) is 0 Å². The van der Waals surface area contributed by atoms with Gasteiger partial charge in [0.1, 0.15) is 5.75 Å². The Balaban J connectivity index is 0.000000111. The summed E-state index contributed by atoms with van der Waals surface area (Å²) in [4.78, 5) is 0. The molecule has 0 saturated heterocycles. The predicted octanol–water partition coefficient (Wildman–Crippen LogP) is 21.4. The lowest BCUT2D eigenvalue weighted by Gasteiger charge is -2.15. The number of rotatable bonds is 3. The van der Waals surface area contributed by atoms with Crippen LogP contribution in [0.2, 0.25) is 0 Å².